The average molecular weight is 158 g/mol. The Kier molecular flexibility index (Phi) is 3.39. The maximum atomic E-state index is 11.2. The SMILES string of the molecule is CS(=O)(=O)SCCF. The van der Waals surface area contributed by atoms with Crippen molar-refractivity contribution >= 4 is 19.7 Å². The first-order chi connectivity index (χ1) is 3.56. The van der Waals surface area contributed by atoms with Gasteiger partial charge in [0.05, 0.1) is 6.67 Å². The highest BCUT2D eigenvalue weighted by Crippen LogP contribution is 2.07. The predicted octanol–water partition coefficient (Wildman–Crippen LogP) is 0.649. The summed E-state index contributed by atoms with van der Waals surface area (Å²) in [6.07, 6.45) is 1.06. The molecule has 0 spiro atoms. The Labute approximate surface area is 51.8 Å². The highest BCUT2D eigenvalue weighted by molar-refractivity contribution is 8.71. The van der Waals surface area contributed by atoms with E-state index in [-0.39, 0.29) is 5.75 Å². The molecule has 2 nitrogen and oxygen atoms in total. The van der Waals surface area contributed by atoms with Gasteiger partial charge in [-0.05, 0) is 10.8 Å². The van der Waals surface area contributed by atoms with Crippen LogP contribution >= 0.6 is 10.8 Å². The lowest BCUT2D eigenvalue weighted by molar-refractivity contribution is 0.533. The topological polar surface area (TPSA) is 34.1 Å². The fourth-order valence-electron chi connectivity index (χ4n) is 0.183. The third kappa shape index (κ3) is 6.23. The molecule has 0 rings (SSSR count). The van der Waals surface area contributed by atoms with Crippen molar-refractivity contribution in [1.82, 2.24) is 0 Å². The smallest absolute Gasteiger partial charge is 0.198 e. The van der Waals surface area contributed by atoms with Crippen LogP contribution in [-0.4, -0.2) is 27.1 Å². The van der Waals surface area contributed by atoms with Gasteiger partial charge in [0, 0.05) is 12.0 Å². The molecule has 0 saturated carbocycles. The zero-order valence-electron chi connectivity index (χ0n) is 4.43. The van der Waals surface area contributed by atoms with Crippen molar-refractivity contribution in [1.29, 1.82) is 0 Å². The molecule has 0 atom stereocenters. The van der Waals surface area contributed by atoms with Gasteiger partial charge in [0.2, 0.25) is 0 Å². The number of rotatable bonds is 3. The van der Waals surface area contributed by atoms with Gasteiger partial charge in [0.25, 0.3) is 0 Å². The fourth-order valence-corrected chi connectivity index (χ4v) is 1.65. The number of hydrogen-bond acceptors (Lipinski definition) is 3. The van der Waals surface area contributed by atoms with Crippen LogP contribution in [0.1, 0.15) is 0 Å². The lowest BCUT2D eigenvalue weighted by Crippen LogP contribution is -1.91. The van der Waals surface area contributed by atoms with Crippen molar-refractivity contribution < 1.29 is 12.8 Å². The summed E-state index contributed by atoms with van der Waals surface area (Å²) in [5, 5.41) is 0. The maximum Gasteiger partial charge on any atom is 0.198 e. The number of alkyl halides is 1. The normalized spacial score (nSPS) is 11.8. The molecule has 0 aliphatic carbocycles. The molecule has 0 saturated heterocycles. The summed E-state index contributed by atoms with van der Waals surface area (Å²) in [5.74, 6) is 0.0405. The molecular formula is C3H7FO2S2. The molecule has 0 bridgehead atoms. The molecule has 0 radical (unpaired) electrons. The van der Waals surface area contributed by atoms with Gasteiger partial charge in [-0.15, -0.1) is 0 Å². The quantitative estimate of drug-likeness (QED) is 0.565. The summed E-state index contributed by atoms with van der Waals surface area (Å²) in [4.78, 5) is 0. The molecule has 0 aliphatic heterocycles. The minimum Gasteiger partial charge on any atom is -0.250 e. The van der Waals surface area contributed by atoms with Gasteiger partial charge in [-0.1, -0.05) is 0 Å². The first-order valence-electron chi connectivity index (χ1n) is 1.96. The van der Waals surface area contributed by atoms with Crippen LogP contribution in [0.25, 0.3) is 0 Å². The Morgan fingerprint density at radius 2 is 2.12 bits per heavy atom. The Hall–Kier alpha value is 0.230. The van der Waals surface area contributed by atoms with E-state index in [0.717, 1.165) is 6.26 Å². The largest absolute Gasteiger partial charge is 0.250 e. The van der Waals surface area contributed by atoms with Crippen LogP contribution in [0.4, 0.5) is 4.39 Å². The third-order valence-electron chi connectivity index (χ3n) is 0.375. The van der Waals surface area contributed by atoms with Crippen molar-refractivity contribution in [3.63, 3.8) is 0 Å². The van der Waals surface area contributed by atoms with Crippen LogP contribution in [0.2, 0.25) is 0 Å². The molecule has 0 aliphatic rings. The van der Waals surface area contributed by atoms with E-state index in [1.165, 1.54) is 0 Å². The average Bonchev–Trinajstić information content (AvgIpc) is 1.59. The van der Waals surface area contributed by atoms with Crippen LogP contribution in [0.3, 0.4) is 0 Å². The van der Waals surface area contributed by atoms with E-state index in [4.69, 9.17) is 0 Å². The van der Waals surface area contributed by atoms with Crippen molar-refractivity contribution in [3.8, 4) is 0 Å². The van der Waals surface area contributed by atoms with Gasteiger partial charge in [-0.25, -0.2) is 8.42 Å². The van der Waals surface area contributed by atoms with E-state index >= 15 is 0 Å². The summed E-state index contributed by atoms with van der Waals surface area (Å²) in [6.45, 7) is -0.586. The Morgan fingerprint density at radius 3 is 2.25 bits per heavy atom. The number of hydrogen-bond donors (Lipinski definition) is 0. The van der Waals surface area contributed by atoms with E-state index < -0.39 is 15.5 Å². The highest BCUT2D eigenvalue weighted by atomic mass is 33.1. The first kappa shape index (κ1) is 8.23. The predicted molar refractivity (Wildman–Crippen MR) is 33.3 cm³/mol. The summed E-state index contributed by atoms with van der Waals surface area (Å²) >= 11 is 0. The van der Waals surface area contributed by atoms with Gasteiger partial charge in [0.15, 0.2) is 8.87 Å². The van der Waals surface area contributed by atoms with Crippen LogP contribution in [-0.2, 0) is 8.87 Å². The zero-order valence-corrected chi connectivity index (χ0v) is 6.06. The van der Waals surface area contributed by atoms with Crippen molar-refractivity contribution in [3.05, 3.63) is 0 Å². The minimum atomic E-state index is -3.01. The van der Waals surface area contributed by atoms with Gasteiger partial charge in [-0.2, -0.15) is 0 Å². The summed E-state index contributed by atoms with van der Waals surface area (Å²) < 4.78 is 31.6. The highest BCUT2D eigenvalue weighted by Gasteiger charge is 1.99. The standard InChI is InChI=1S/C3H7FO2S2/c1-8(5,6)7-3-2-4/h2-3H2,1H3. The molecule has 0 aromatic carbocycles. The van der Waals surface area contributed by atoms with Crippen molar-refractivity contribution in [2.24, 2.45) is 0 Å². The van der Waals surface area contributed by atoms with Crippen molar-refractivity contribution in [2.75, 3.05) is 18.7 Å². The second kappa shape index (κ2) is 3.29. The fraction of sp³-hybridized carbons (Fsp3) is 1.00. The molecule has 5 heteroatoms. The summed E-state index contributed by atoms with van der Waals surface area (Å²) in [6, 6.07) is 0. The van der Waals surface area contributed by atoms with E-state index in [0.29, 0.717) is 10.8 Å². The maximum absolute atomic E-state index is 11.2. The van der Waals surface area contributed by atoms with E-state index in [1.54, 1.807) is 0 Å². The second-order valence-electron chi connectivity index (χ2n) is 1.22. The Bertz CT molecular complexity index is 139. The Morgan fingerprint density at radius 1 is 1.62 bits per heavy atom. The van der Waals surface area contributed by atoms with E-state index in [2.05, 4.69) is 0 Å². The van der Waals surface area contributed by atoms with Crippen LogP contribution in [0, 0.1) is 0 Å². The van der Waals surface area contributed by atoms with Gasteiger partial charge >= 0.3 is 0 Å². The molecule has 0 fully saturated rings. The molecule has 8 heavy (non-hydrogen) atoms. The molecule has 0 amide bonds. The summed E-state index contributed by atoms with van der Waals surface area (Å²) in [7, 11) is -2.38. The molecule has 0 aromatic rings. The first-order valence-corrected chi connectivity index (χ1v) is 5.36. The van der Waals surface area contributed by atoms with Gasteiger partial charge in [-0.3, -0.25) is 4.39 Å². The van der Waals surface area contributed by atoms with Gasteiger partial charge in [0.1, 0.15) is 0 Å². The molecule has 0 aromatic heterocycles. The summed E-state index contributed by atoms with van der Waals surface area (Å²) in [5.41, 5.74) is 0. The second-order valence-corrected chi connectivity index (χ2v) is 5.79. The van der Waals surface area contributed by atoms with Crippen LogP contribution in [0.15, 0.2) is 0 Å². The minimum absolute atomic E-state index is 0.0405. The molecule has 0 heterocycles. The molecular weight excluding hydrogens is 151 g/mol. The monoisotopic (exact) mass is 158 g/mol. The van der Waals surface area contributed by atoms with E-state index in [1.807, 2.05) is 0 Å². The van der Waals surface area contributed by atoms with Crippen LogP contribution < -0.4 is 0 Å². The third-order valence-corrected chi connectivity index (χ3v) is 2.91. The van der Waals surface area contributed by atoms with Gasteiger partial charge < -0.3 is 0 Å². The lowest BCUT2D eigenvalue weighted by Gasteiger charge is -1.89. The molecule has 0 unspecified atom stereocenters. The molecule has 0 N–H and O–H groups in total. The van der Waals surface area contributed by atoms with Crippen LogP contribution in [0.5, 0.6) is 0 Å². The Balaban J connectivity index is 3.42. The lowest BCUT2D eigenvalue weighted by atomic mass is 10.9. The van der Waals surface area contributed by atoms with E-state index in [9.17, 15) is 12.8 Å². The number of halogens is 1. The molecule has 50 valence electrons. The van der Waals surface area contributed by atoms with Crippen molar-refractivity contribution in [2.45, 2.75) is 0 Å². The zero-order chi connectivity index (χ0) is 6.62.